The number of hydrogen-bond donors (Lipinski definition) is 0. The molecule has 0 radical (unpaired) electrons. The van der Waals surface area contributed by atoms with Gasteiger partial charge < -0.3 is 18.9 Å². The predicted molar refractivity (Wildman–Crippen MR) is 102 cm³/mol. The van der Waals surface area contributed by atoms with Crippen LogP contribution in [0.4, 0.5) is 0 Å². The lowest BCUT2D eigenvalue weighted by Gasteiger charge is -2.41. The number of nitrogens with zero attached hydrogens (tertiary/aromatic N) is 1. The highest BCUT2D eigenvalue weighted by Gasteiger charge is 2.31. The fourth-order valence-electron chi connectivity index (χ4n) is 4.15. The fraction of sp³-hybridized carbons (Fsp3) is 0.714. The van der Waals surface area contributed by atoms with Gasteiger partial charge in [0.1, 0.15) is 11.5 Å². The molecule has 5 heteroatoms. The number of methoxy groups -OCH3 is 2. The summed E-state index contributed by atoms with van der Waals surface area (Å²) < 4.78 is 22.6. The summed E-state index contributed by atoms with van der Waals surface area (Å²) in [6.07, 6.45) is 7.41. The maximum Gasteiger partial charge on any atom is 0.125 e. The average molecular weight is 363 g/mol. The van der Waals surface area contributed by atoms with Crippen molar-refractivity contribution < 1.29 is 18.9 Å². The fourth-order valence-corrected chi connectivity index (χ4v) is 4.15. The summed E-state index contributed by atoms with van der Waals surface area (Å²) in [4.78, 5) is 2.58. The first-order valence-corrected chi connectivity index (χ1v) is 9.96. The molecule has 1 aliphatic carbocycles. The number of benzene rings is 1. The summed E-state index contributed by atoms with van der Waals surface area (Å²) in [6, 6.07) is 6.61. The molecule has 146 valence electrons. The minimum atomic E-state index is 0.375. The van der Waals surface area contributed by atoms with E-state index in [1.165, 1.54) is 31.2 Å². The zero-order chi connectivity index (χ0) is 18.2. The Morgan fingerprint density at radius 2 is 1.88 bits per heavy atom. The van der Waals surface area contributed by atoms with Gasteiger partial charge in [-0.15, -0.1) is 0 Å². The molecule has 1 aliphatic heterocycles. The van der Waals surface area contributed by atoms with Gasteiger partial charge >= 0.3 is 0 Å². The Balaban J connectivity index is 1.47. The Bertz CT molecular complexity index is 545. The van der Waals surface area contributed by atoms with E-state index in [9.17, 15) is 0 Å². The number of ether oxygens (including phenoxy) is 4. The van der Waals surface area contributed by atoms with Gasteiger partial charge in [-0.25, -0.2) is 0 Å². The maximum absolute atomic E-state index is 6.34. The standard InChI is InChI=1S/C21H33NO4/c1-23-18-10-9-17(21(16-18)24-2)6-5-13-26-20-8-4-3-7-19(20)22-11-14-25-15-12-22/h9-10,16,19-20H,3-8,11-15H2,1-2H3/t19-,20-/m0/s1. The van der Waals surface area contributed by atoms with Crippen LogP contribution in [0.2, 0.25) is 0 Å². The lowest BCUT2D eigenvalue weighted by Crippen LogP contribution is -2.51. The summed E-state index contributed by atoms with van der Waals surface area (Å²) in [6.45, 7) is 4.63. The summed E-state index contributed by atoms with van der Waals surface area (Å²) >= 11 is 0. The van der Waals surface area contributed by atoms with Gasteiger partial charge in [0.2, 0.25) is 0 Å². The summed E-state index contributed by atoms with van der Waals surface area (Å²) in [7, 11) is 3.39. The molecule has 2 fully saturated rings. The molecule has 0 amide bonds. The molecule has 1 saturated carbocycles. The van der Waals surface area contributed by atoms with Crippen LogP contribution in [-0.2, 0) is 15.9 Å². The largest absolute Gasteiger partial charge is 0.497 e. The van der Waals surface area contributed by atoms with E-state index in [-0.39, 0.29) is 0 Å². The number of hydrogen-bond acceptors (Lipinski definition) is 5. The normalized spacial score (nSPS) is 24.4. The first-order valence-electron chi connectivity index (χ1n) is 9.96. The second kappa shape index (κ2) is 10.1. The van der Waals surface area contributed by atoms with Gasteiger partial charge in [-0.05, 0) is 37.3 Å². The van der Waals surface area contributed by atoms with E-state index in [4.69, 9.17) is 18.9 Å². The topological polar surface area (TPSA) is 40.2 Å². The van der Waals surface area contributed by atoms with Gasteiger partial charge in [-0.3, -0.25) is 4.90 Å². The van der Waals surface area contributed by atoms with Crippen LogP contribution in [0, 0.1) is 0 Å². The highest BCUT2D eigenvalue weighted by molar-refractivity contribution is 5.40. The molecule has 0 aromatic heterocycles. The highest BCUT2D eigenvalue weighted by Crippen LogP contribution is 2.28. The molecule has 0 N–H and O–H groups in total. The van der Waals surface area contributed by atoms with Crippen LogP contribution in [0.1, 0.15) is 37.7 Å². The lowest BCUT2D eigenvalue weighted by atomic mass is 9.91. The van der Waals surface area contributed by atoms with E-state index in [2.05, 4.69) is 11.0 Å². The van der Waals surface area contributed by atoms with Gasteiger partial charge in [0.05, 0.1) is 33.5 Å². The molecule has 26 heavy (non-hydrogen) atoms. The van der Waals surface area contributed by atoms with Gasteiger partial charge in [0.25, 0.3) is 0 Å². The first kappa shape index (κ1) is 19.5. The maximum atomic E-state index is 6.34. The molecule has 5 nitrogen and oxygen atoms in total. The summed E-state index contributed by atoms with van der Waals surface area (Å²) in [5.74, 6) is 1.73. The van der Waals surface area contributed by atoms with Gasteiger partial charge in [-0.1, -0.05) is 18.9 Å². The smallest absolute Gasteiger partial charge is 0.125 e. The van der Waals surface area contributed by atoms with Crippen LogP contribution in [0.25, 0.3) is 0 Å². The predicted octanol–water partition coefficient (Wildman–Crippen LogP) is 3.30. The molecular formula is C21H33NO4. The van der Waals surface area contributed by atoms with Crippen molar-refractivity contribution >= 4 is 0 Å². The average Bonchev–Trinajstić information content (AvgIpc) is 2.72. The molecule has 1 aromatic rings. The highest BCUT2D eigenvalue weighted by atomic mass is 16.5. The Labute approximate surface area is 157 Å². The van der Waals surface area contributed by atoms with Crippen LogP contribution >= 0.6 is 0 Å². The van der Waals surface area contributed by atoms with Crippen molar-refractivity contribution in [2.75, 3.05) is 47.1 Å². The van der Waals surface area contributed by atoms with Crippen LogP contribution in [0.15, 0.2) is 18.2 Å². The third-order valence-corrected chi connectivity index (χ3v) is 5.60. The van der Waals surface area contributed by atoms with Crippen molar-refractivity contribution in [2.24, 2.45) is 0 Å². The van der Waals surface area contributed by atoms with E-state index in [0.717, 1.165) is 57.3 Å². The van der Waals surface area contributed by atoms with Crippen molar-refractivity contribution in [3.05, 3.63) is 23.8 Å². The lowest BCUT2D eigenvalue weighted by molar-refractivity contribution is -0.0657. The van der Waals surface area contributed by atoms with Gasteiger partial charge in [-0.2, -0.15) is 0 Å². The Morgan fingerprint density at radius 3 is 2.65 bits per heavy atom. The molecule has 1 aromatic carbocycles. The van der Waals surface area contributed by atoms with E-state index < -0.39 is 0 Å². The van der Waals surface area contributed by atoms with Crippen molar-refractivity contribution in [1.29, 1.82) is 0 Å². The van der Waals surface area contributed by atoms with Crippen LogP contribution < -0.4 is 9.47 Å². The van der Waals surface area contributed by atoms with Crippen molar-refractivity contribution in [1.82, 2.24) is 4.90 Å². The van der Waals surface area contributed by atoms with Crippen LogP contribution in [0.5, 0.6) is 11.5 Å². The van der Waals surface area contributed by atoms with Crippen LogP contribution in [-0.4, -0.2) is 64.2 Å². The van der Waals surface area contributed by atoms with Gasteiger partial charge in [0.15, 0.2) is 0 Å². The summed E-state index contributed by atoms with van der Waals surface area (Å²) in [5.41, 5.74) is 1.21. The Hall–Kier alpha value is -1.30. The molecule has 0 bridgehead atoms. The third kappa shape index (κ3) is 5.12. The zero-order valence-electron chi connectivity index (χ0n) is 16.2. The molecule has 2 atom stereocenters. The number of rotatable bonds is 8. The molecule has 0 spiro atoms. The van der Waals surface area contributed by atoms with E-state index >= 15 is 0 Å². The minimum Gasteiger partial charge on any atom is -0.497 e. The Kier molecular flexibility index (Phi) is 7.59. The van der Waals surface area contributed by atoms with Crippen molar-refractivity contribution in [2.45, 2.75) is 50.7 Å². The second-order valence-electron chi connectivity index (χ2n) is 7.19. The molecule has 1 heterocycles. The molecule has 2 aliphatic rings. The second-order valence-corrected chi connectivity index (χ2v) is 7.19. The van der Waals surface area contributed by atoms with Crippen molar-refractivity contribution in [3.8, 4) is 11.5 Å². The zero-order valence-corrected chi connectivity index (χ0v) is 16.2. The molecule has 3 rings (SSSR count). The van der Waals surface area contributed by atoms with E-state index in [1.54, 1.807) is 14.2 Å². The molecular weight excluding hydrogens is 330 g/mol. The Morgan fingerprint density at radius 1 is 1.08 bits per heavy atom. The number of morpholine rings is 1. The van der Waals surface area contributed by atoms with E-state index in [1.807, 2.05) is 12.1 Å². The molecule has 0 unspecified atom stereocenters. The third-order valence-electron chi connectivity index (χ3n) is 5.60. The number of aryl methyl sites for hydroxylation is 1. The monoisotopic (exact) mass is 363 g/mol. The quantitative estimate of drug-likeness (QED) is 0.663. The van der Waals surface area contributed by atoms with Gasteiger partial charge in [0, 0.05) is 31.8 Å². The van der Waals surface area contributed by atoms with E-state index in [0.29, 0.717) is 12.1 Å². The summed E-state index contributed by atoms with van der Waals surface area (Å²) in [5, 5.41) is 0. The molecule has 1 saturated heterocycles. The SMILES string of the molecule is COc1ccc(CCCO[C@H]2CCCC[C@@H]2N2CCOCC2)c(OC)c1. The minimum absolute atomic E-state index is 0.375. The van der Waals surface area contributed by atoms with Crippen LogP contribution in [0.3, 0.4) is 0 Å². The van der Waals surface area contributed by atoms with Crippen molar-refractivity contribution in [3.63, 3.8) is 0 Å². The first-order chi connectivity index (χ1) is 12.8.